The lowest BCUT2D eigenvalue weighted by molar-refractivity contribution is 0.180. The van der Waals surface area contributed by atoms with Gasteiger partial charge < -0.3 is 4.40 Å². The van der Waals surface area contributed by atoms with Crippen LogP contribution in [0.5, 0.6) is 0 Å². The zero-order chi connectivity index (χ0) is 27.1. The van der Waals surface area contributed by atoms with Gasteiger partial charge in [-0.05, 0) is 41.8 Å². The van der Waals surface area contributed by atoms with Crippen LogP contribution in [-0.4, -0.2) is 53.2 Å². The quantitative estimate of drug-likeness (QED) is 0.235. The number of hydrogen-bond donors (Lipinski definition) is 0. The van der Waals surface area contributed by atoms with Gasteiger partial charge in [-0.3, -0.25) is 4.90 Å². The Balaban J connectivity index is 1.21. The molecule has 6 nitrogen and oxygen atoms in total. The number of piperazine rings is 1. The third-order valence-electron chi connectivity index (χ3n) is 7.56. The molecule has 0 aliphatic carbocycles. The molecule has 1 aliphatic heterocycles. The van der Waals surface area contributed by atoms with Crippen LogP contribution >= 0.6 is 11.3 Å². The van der Waals surface area contributed by atoms with Crippen molar-refractivity contribution in [3.8, 4) is 21.7 Å². The molecule has 1 aliphatic rings. The van der Waals surface area contributed by atoms with Crippen LogP contribution in [0.2, 0.25) is 0 Å². The van der Waals surface area contributed by atoms with Gasteiger partial charge in [-0.2, -0.15) is 4.31 Å². The van der Waals surface area contributed by atoms with E-state index in [1.54, 1.807) is 39.9 Å². The second kappa shape index (κ2) is 10.3. The first-order valence-corrected chi connectivity index (χ1v) is 15.6. The van der Waals surface area contributed by atoms with Crippen LogP contribution in [0, 0.1) is 0 Å². The predicted octanol–water partition coefficient (Wildman–Crippen LogP) is 6.39. The van der Waals surface area contributed by atoms with E-state index in [0.29, 0.717) is 37.6 Å². The van der Waals surface area contributed by atoms with Crippen molar-refractivity contribution in [2.45, 2.75) is 11.4 Å². The van der Waals surface area contributed by atoms with Crippen molar-refractivity contribution >= 4 is 37.1 Å². The summed E-state index contributed by atoms with van der Waals surface area (Å²) in [5.41, 5.74) is 5.22. The number of fused-ring (bicyclic) bond motifs is 2. The number of imidazole rings is 1. The van der Waals surface area contributed by atoms with Crippen molar-refractivity contribution < 1.29 is 8.42 Å². The van der Waals surface area contributed by atoms with Gasteiger partial charge in [0.1, 0.15) is 5.65 Å². The molecule has 0 amide bonds. The van der Waals surface area contributed by atoms with Gasteiger partial charge >= 0.3 is 0 Å². The van der Waals surface area contributed by atoms with Gasteiger partial charge in [0.25, 0.3) is 0 Å². The Morgan fingerprint density at radius 2 is 1.45 bits per heavy atom. The molecule has 1 fully saturated rings. The van der Waals surface area contributed by atoms with Crippen LogP contribution in [0.4, 0.5) is 0 Å². The number of thiophene rings is 1. The fourth-order valence-electron chi connectivity index (χ4n) is 5.42. The van der Waals surface area contributed by atoms with Crippen molar-refractivity contribution in [2.75, 3.05) is 26.2 Å². The third kappa shape index (κ3) is 4.63. The van der Waals surface area contributed by atoms with Crippen LogP contribution in [0.3, 0.4) is 0 Å². The summed E-state index contributed by atoms with van der Waals surface area (Å²) in [6.07, 6.45) is 2.20. The third-order valence-corrected chi connectivity index (χ3v) is 10.6. The summed E-state index contributed by atoms with van der Waals surface area (Å²) < 4.78 is 31.4. The summed E-state index contributed by atoms with van der Waals surface area (Å²) in [6, 6.07) is 34.0. The molecule has 4 heterocycles. The molecule has 3 aromatic carbocycles. The normalized spacial score (nSPS) is 15.2. The minimum atomic E-state index is -3.49. The maximum Gasteiger partial charge on any atom is 0.243 e. The van der Waals surface area contributed by atoms with Crippen molar-refractivity contribution in [2.24, 2.45) is 0 Å². The number of nitrogens with zero attached hydrogens (tertiary/aromatic N) is 4. The molecule has 1 saturated heterocycles. The molecule has 0 spiro atoms. The Hall–Kier alpha value is -3.82. The number of hydrogen-bond acceptors (Lipinski definition) is 5. The van der Waals surface area contributed by atoms with Crippen LogP contribution in [-0.2, 0) is 16.6 Å². The average molecular weight is 565 g/mol. The lowest BCUT2D eigenvalue weighted by atomic mass is 10.1. The molecule has 200 valence electrons. The summed E-state index contributed by atoms with van der Waals surface area (Å²) in [7, 11) is -3.49. The van der Waals surface area contributed by atoms with E-state index in [1.165, 1.54) is 15.0 Å². The predicted molar refractivity (Wildman–Crippen MR) is 162 cm³/mol. The molecule has 40 heavy (non-hydrogen) atoms. The standard InChI is InChI=1S/C32H28N4O2S2/c37-40(38,27-12-5-2-6-13-27)35-19-17-34(18-20-35)23-28-32(24-9-3-1-4-10-24)33-31-16-15-26(22-36(28)31)30-21-25-11-7-8-14-29(25)39-30/h1-16,21-22H,17-20,23H2. The lowest BCUT2D eigenvalue weighted by Crippen LogP contribution is -2.48. The molecule has 6 aromatic rings. The molecule has 0 N–H and O–H groups in total. The first kappa shape index (κ1) is 25.2. The highest BCUT2D eigenvalue weighted by Crippen LogP contribution is 2.35. The fourth-order valence-corrected chi connectivity index (χ4v) is 7.92. The minimum absolute atomic E-state index is 0.352. The zero-order valence-corrected chi connectivity index (χ0v) is 23.5. The first-order valence-electron chi connectivity index (χ1n) is 13.4. The van der Waals surface area contributed by atoms with Crippen molar-refractivity contribution in [1.82, 2.24) is 18.6 Å². The second-order valence-corrected chi connectivity index (χ2v) is 13.1. The van der Waals surface area contributed by atoms with Crippen molar-refractivity contribution in [3.05, 3.63) is 115 Å². The summed E-state index contributed by atoms with van der Waals surface area (Å²) in [6.45, 7) is 2.91. The maximum atomic E-state index is 13.2. The topological polar surface area (TPSA) is 57.9 Å². The van der Waals surface area contributed by atoms with Crippen LogP contribution in [0.15, 0.2) is 114 Å². The number of sulfonamides is 1. The number of pyridine rings is 1. The molecule has 7 rings (SSSR count). The molecule has 0 bridgehead atoms. The first-order chi connectivity index (χ1) is 19.6. The van der Waals surface area contributed by atoms with Crippen LogP contribution in [0.25, 0.3) is 37.4 Å². The molecule has 8 heteroatoms. The zero-order valence-electron chi connectivity index (χ0n) is 21.8. The number of aromatic nitrogens is 2. The van der Waals surface area contributed by atoms with E-state index < -0.39 is 10.0 Å². The molecule has 3 aromatic heterocycles. The highest BCUT2D eigenvalue weighted by atomic mass is 32.2. The van der Waals surface area contributed by atoms with Gasteiger partial charge in [-0.15, -0.1) is 11.3 Å². The summed E-state index contributed by atoms with van der Waals surface area (Å²) in [5.74, 6) is 0. The summed E-state index contributed by atoms with van der Waals surface area (Å²) >= 11 is 1.80. The van der Waals surface area contributed by atoms with E-state index in [0.717, 1.165) is 28.2 Å². The Bertz CT molecular complexity index is 1870. The lowest BCUT2D eigenvalue weighted by Gasteiger charge is -2.34. The highest BCUT2D eigenvalue weighted by Gasteiger charge is 2.29. The highest BCUT2D eigenvalue weighted by molar-refractivity contribution is 7.89. The largest absolute Gasteiger partial charge is 0.301 e. The van der Waals surface area contributed by atoms with Gasteiger partial charge in [0.05, 0.1) is 16.3 Å². The monoisotopic (exact) mass is 564 g/mol. The van der Waals surface area contributed by atoms with E-state index in [2.05, 4.69) is 70.1 Å². The number of rotatable bonds is 6. The van der Waals surface area contributed by atoms with E-state index in [9.17, 15) is 8.42 Å². The summed E-state index contributed by atoms with van der Waals surface area (Å²) in [4.78, 5) is 8.96. The Labute approximate surface area is 237 Å². The Morgan fingerprint density at radius 3 is 2.20 bits per heavy atom. The SMILES string of the molecule is O=S(=O)(c1ccccc1)N1CCN(Cc2c(-c3ccccc3)nc3ccc(-c4cc5ccccc5s4)cn23)CC1. The van der Waals surface area contributed by atoms with Gasteiger partial charge in [0.2, 0.25) is 10.0 Å². The Kier molecular flexibility index (Phi) is 6.48. The molecule has 0 unspecified atom stereocenters. The van der Waals surface area contributed by atoms with Crippen LogP contribution < -0.4 is 0 Å². The van der Waals surface area contributed by atoms with E-state index in [1.807, 2.05) is 24.3 Å². The molecule has 0 saturated carbocycles. The van der Waals surface area contributed by atoms with Crippen molar-refractivity contribution in [3.63, 3.8) is 0 Å². The maximum absolute atomic E-state index is 13.2. The van der Waals surface area contributed by atoms with Gasteiger partial charge in [-0.25, -0.2) is 13.4 Å². The van der Waals surface area contributed by atoms with Gasteiger partial charge in [-0.1, -0.05) is 66.7 Å². The summed E-state index contributed by atoms with van der Waals surface area (Å²) in [5, 5.41) is 1.25. The molecular formula is C32H28N4O2S2. The Morgan fingerprint density at radius 1 is 0.750 bits per heavy atom. The van der Waals surface area contributed by atoms with E-state index >= 15 is 0 Å². The van der Waals surface area contributed by atoms with E-state index in [4.69, 9.17) is 4.98 Å². The molecular weight excluding hydrogens is 537 g/mol. The second-order valence-electron chi connectivity index (χ2n) is 10.1. The number of benzene rings is 3. The van der Waals surface area contributed by atoms with Crippen molar-refractivity contribution in [1.29, 1.82) is 0 Å². The smallest absolute Gasteiger partial charge is 0.243 e. The minimum Gasteiger partial charge on any atom is -0.301 e. The van der Waals surface area contributed by atoms with Gasteiger partial charge in [0.15, 0.2) is 0 Å². The van der Waals surface area contributed by atoms with Gasteiger partial charge in [0, 0.05) is 59.6 Å². The van der Waals surface area contributed by atoms with E-state index in [-0.39, 0.29) is 0 Å². The average Bonchev–Trinajstić information content (AvgIpc) is 3.60. The fraction of sp³-hybridized carbons (Fsp3) is 0.156. The van der Waals surface area contributed by atoms with Crippen LogP contribution in [0.1, 0.15) is 5.69 Å². The molecule has 0 radical (unpaired) electrons. The molecule has 0 atom stereocenters.